The van der Waals surface area contributed by atoms with Crippen molar-refractivity contribution in [3.63, 3.8) is 0 Å². The van der Waals surface area contributed by atoms with Gasteiger partial charge < -0.3 is 5.11 Å². The standard InChI is InChI=1S/C9H8N4O4S/c14-8-6-10-13(18(15,16)17)9(8)12-11-7-4-2-1-3-5-7/h1-6,14H,(H,15,16,17). The molecule has 1 heterocycles. The minimum Gasteiger partial charge on any atom is -0.503 e. The third kappa shape index (κ3) is 2.52. The van der Waals surface area contributed by atoms with Gasteiger partial charge in [0.05, 0.1) is 11.9 Å². The molecule has 18 heavy (non-hydrogen) atoms. The minimum atomic E-state index is -4.63. The highest BCUT2D eigenvalue weighted by Crippen LogP contribution is 2.28. The maximum absolute atomic E-state index is 10.9. The first-order valence-electron chi connectivity index (χ1n) is 4.70. The van der Waals surface area contributed by atoms with Gasteiger partial charge in [-0.3, -0.25) is 4.55 Å². The molecule has 0 aliphatic rings. The second-order valence-electron chi connectivity index (χ2n) is 3.21. The van der Waals surface area contributed by atoms with Gasteiger partial charge in [-0.05, 0) is 12.1 Å². The molecule has 9 heteroatoms. The second-order valence-corrected chi connectivity index (χ2v) is 4.45. The summed E-state index contributed by atoms with van der Waals surface area (Å²) in [5.74, 6) is -0.978. The first kappa shape index (κ1) is 12.2. The van der Waals surface area contributed by atoms with Gasteiger partial charge in [0.15, 0.2) is 5.75 Å². The average Bonchev–Trinajstić information content (AvgIpc) is 2.69. The van der Waals surface area contributed by atoms with E-state index in [0.29, 0.717) is 5.69 Å². The Morgan fingerprint density at radius 3 is 2.44 bits per heavy atom. The van der Waals surface area contributed by atoms with Crippen molar-refractivity contribution in [1.82, 2.24) is 9.19 Å². The van der Waals surface area contributed by atoms with E-state index in [0.717, 1.165) is 6.20 Å². The molecule has 0 atom stereocenters. The van der Waals surface area contributed by atoms with E-state index >= 15 is 0 Å². The smallest absolute Gasteiger partial charge is 0.381 e. The molecule has 0 amide bonds. The molecule has 0 aliphatic heterocycles. The lowest BCUT2D eigenvalue weighted by Crippen LogP contribution is -2.11. The van der Waals surface area contributed by atoms with E-state index in [1.165, 1.54) is 0 Å². The van der Waals surface area contributed by atoms with Gasteiger partial charge in [0.2, 0.25) is 5.82 Å². The third-order valence-corrected chi connectivity index (χ3v) is 2.63. The lowest BCUT2D eigenvalue weighted by Gasteiger charge is -1.97. The van der Waals surface area contributed by atoms with E-state index in [4.69, 9.17) is 4.55 Å². The SMILES string of the molecule is O=S(=O)(O)n1ncc(O)c1N=Nc1ccccc1. The quantitative estimate of drug-likeness (QED) is 0.648. The summed E-state index contributed by atoms with van der Waals surface area (Å²) in [5.41, 5.74) is 0.458. The van der Waals surface area contributed by atoms with Crippen molar-refractivity contribution in [2.45, 2.75) is 0 Å². The molecule has 1 aromatic heterocycles. The Kier molecular flexibility index (Phi) is 3.08. The van der Waals surface area contributed by atoms with Crippen molar-refractivity contribution >= 4 is 21.8 Å². The fraction of sp³-hybridized carbons (Fsp3) is 0. The highest BCUT2D eigenvalue weighted by atomic mass is 32.2. The minimum absolute atomic E-state index is 0.175. The molecule has 1 aromatic carbocycles. The van der Waals surface area contributed by atoms with Crippen LogP contribution in [0.1, 0.15) is 0 Å². The van der Waals surface area contributed by atoms with Gasteiger partial charge in [0.1, 0.15) is 0 Å². The Labute approximate surface area is 102 Å². The van der Waals surface area contributed by atoms with Gasteiger partial charge in [0.25, 0.3) is 0 Å². The van der Waals surface area contributed by atoms with Crippen LogP contribution in [-0.4, -0.2) is 27.3 Å². The van der Waals surface area contributed by atoms with Crippen LogP contribution in [-0.2, 0) is 10.3 Å². The van der Waals surface area contributed by atoms with Crippen LogP contribution in [0.15, 0.2) is 46.8 Å². The van der Waals surface area contributed by atoms with Crippen molar-refractivity contribution in [1.29, 1.82) is 0 Å². The maximum atomic E-state index is 10.9. The van der Waals surface area contributed by atoms with E-state index in [-0.39, 0.29) is 4.09 Å². The molecule has 2 aromatic rings. The lowest BCUT2D eigenvalue weighted by atomic mass is 10.3. The molecule has 2 N–H and O–H groups in total. The number of benzene rings is 1. The molecule has 0 spiro atoms. The van der Waals surface area contributed by atoms with Gasteiger partial charge in [-0.2, -0.15) is 13.5 Å². The van der Waals surface area contributed by atoms with E-state index in [9.17, 15) is 13.5 Å². The predicted molar refractivity (Wildman–Crippen MR) is 61.5 cm³/mol. The van der Waals surface area contributed by atoms with Crippen LogP contribution in [0.3, 0.4) is 0 Å². The number of nitrogens with zero attached hydrogens (tertiary/aromatic N) is 4. The van der Waals surface area contributed by atoms with Crippen LogP contribution in [0.25, 0.3) is 0 Å². The number of hydrogen-bond donors (Lipinski definition) is 2. The molecule has 0 unspecified atom stereocenters. The highest BCUT2D eigenvalue weighted by molar-refractivity contribution is 7.84. The largest absolute Gasteiger partial charge is 0.503 e. The lowest BCUT2D eigenvalue weighted by molar-refractivity contribution is 0.462. The fourth-order valence-electron chi connectivity index (χ4n) is 1.18. The molecule has 0 fully saturated rings. The predicted octanol–water partition coefficient (Wildman–Crippen LogP) is 1.65. The van der Waals surface area contributed by atoms with Gasteiger partial charge in [0, 0.05) is 0 Å². The molecule has 0 aliphatic carbocycles. The van der Waals surface area contributed by atoms with Crippen LogP contribution in [0.2, 0.25) is 0 Å². The summed E-state index contributed by atoms with van der Waals surface area (Å²) < 4.78 is 30.9. The summed E-state index contributed by atoms with van der Waals surface area (Å²) in [4.78, 5) is 0. The topological polar surface area (TPSA) is 117 Å². The molecule has 0 saturated carbocycles. The molecule has 8 nitrogen and oxygen atoms in total. The van der Waals surface area contributed by atoms with Crippen molar-refractivity contribution in [2.75, 3.05) is 0 Å². The Hall–Kier alpha value is -2.26. The highest BCUT2D eigenvalue weighted by Gasteiger charge is 2.18. The van der Waals surface area contributed by atoms with Crippen molar-refractivity contribution < 1.29 is 18.1 Å². The Balaban J connectivity index is 2.41. The zero-order chi connectivity index (χ0) is 13.2. The monoisotopic (exact) mass is 268 g/mol. The average molecular weight is 268 g/mol. The number of hydrogen-bond acceptors (Lipinski definition) is 6. The summed E-state index contributed by atoms with van der Waals surface area (Å²) in [5, 5.41) is 19.9. The number of aromatic hydroxyl groups is 1. The van der Waals surface area contributed by atoms with Crippen LogP contribution in [0.5, 0.6) is 5.75 Å². The van der Waals surface area contributed by atoms with Crippen LogP contribution >= 0.6 is 0 Å². The maximum Gasteiger partial charge on any atom is 0.381 e. The summed E-state index contributed by atoms with van der Waals surface area (Å²) in [6.45, 7) is 0. The van der Waals surface area contributed by atoms with E-state index in [1.54, 1.807) is 30.3 Å². The number of rotatable bonds is 3. The van der Waals surface area contributed by atoms with Gasteiger partial charge >= 0.3 is 10.3 Å². The van der Waals surface area contributed by atoms with Crippen LogP contribution in [0, 0.1) is 0 Å². The summed E-state index contributed by atoms with van der Waals surface area (Å²) in [7, 11) is -4.63. The molecule has 0 radical (unpaired) electrons. The number of azo groups is 1. The zero-order valence-corrected chi connectivity index (χ0v) is 9.69. The number of aromatic nitrogens is 2. The third-order valence-electron chi connectivity index (χ3n) is 1.93. The molecule has 2 rings (SSSR count). The zero-order valence-electron chi connectivity index (χ0n) is 8.87. The van der Waals surface area contributed by atoms with E-state index < -0.39 is 21.9 Å². The molecular weight excluding hydrogens is 260 g/mol. The summed E-state index contributed by atoms with van der Waals surface area (Å²) in [6.07, 6.45) is 0.840. The molecular formula is C9H8N4O4S. The van der Waals surface area contributed by atoms with Gasteiger partial charge in [-0.1, -0.05) is 18.2 Å². The van der Waals surface area contributed by atoms with Crippen molar-refractivity contribution in [3.8, 4) is 5.75 Å². The van der Waals surface area contributed by atoms with Crippen molar-refractivity contribution in [2.24, 2.45) is 10.2 Å². The molecule has 94 valence electrons. The summed E-state index contributed by atoms with van der Waals surface area (Å²) in [6, 6.07) is 8.48. The molecule has 0 bridgehead atoms. The van der Waals surface area contributed by atoms with E-state index in [2.05, 4.69) is 15.3 Å². The Morgan fingerprint density at radius 2 is 1.83 bits per heavy atom. The van der Waals surface area contributed by atoms with Gasteiger partial charge in [-0.15, -0.1) is 14.3 Å². The van der Waals surface area contributed by atoms with Crippen LogP contribution < -0.4 is 0 Å². The first-order valence-corrected chi connectivity index (χ1v) is 6.10. The normalized spacial score (nSPS) is 12.1. The van der Waals surface area contributed by atoms with Gasteiger partial charge in [-0.25, -0.2) is 0 Å². The Morgan fingerprint density at radius 1 is 1.17 bits per heavy atom. The fourth-order valence-corrected chi connectivity index (χ4v) is 1.69. The van der Waals surface area contributed by atoms with E-state index in [1.807, 2.05) is 0 Å². The Bertz CT molecular complexity index is 678. The first-order chi connectivity index (χ1) is 8.48. The molecule has 0 saturated heterocycles. The summed E-state index contributed by atoms with van der Waals surface area (Å²) >= 11 is 0. The van der Waals surface area contributed by atoms with Crippen molar-refractivity contribution in [3.05, 3.63) is 36.5 Å². The van der Waals surface area contributed by atoms with Crippen LogP contribution in [0.4, 0.5) is 11.5 Å². The second kappa shape index (κ2) is 4.55.